The van der Waals surface area contributed by atoms with E-state index in [1.54, 1.807) is 24.5 Å². The molecule has 0 radical (unpaired) electrons. The van der Waals surface area contributed by atoms with Gasteiger partial charge < -0.3 is 14.8 Å². The molecule has 2 amide bonds. The monoisotopic (exact) mass is 485 g/mol. The van der Waals surface area contributed by atoms with Crippen LogP contribution in [-0.4, -0.2) is 30.0 Å². The summed E-state index contributed by atoms with van der Waals surface area (Å²) >= 11 is 2.99. The number of rotatable bonds is 9. The van der Waals surface area contributed by atoms with E-state index in [0.29, 0.717) is 23.2 Å². The number of hydrogen-bond donors (Lipinski definition) is 2. The summed E-state index contributed by atoms with van der Waals surface area (Å²) in [5.74, 6) is 0.939. The predicted molar refractivity (Wildman–Crippen MR) is 134 cm³/mol. The summed E-state index contributed by atoms with van der Waals surface area (Å²) in [7, 11) is 1.58. The molecule has 3 aromatic rings. The van der Waals surface area contributed by atoms with Crippen LogP contribution in [0.15, 0.2) is 36.4 Å². The SMILES string of the molecule is COc1cc(/C=C/C(=O)Nc2nc(-c3ccc(CNC(C)=O)s3)c(C)s2)ccc1OC(C)C. The number of aryl methyl sites for hydroxylation is 1. The zero-order valence-electron chi connectivity index (χ0n) is 19.2. The number of nitrogens with zero attached hydrogens (tertiary/aromatic N) is 1. The normalized spacial score (nSPS) is 11.1. The largest absolute Gasteiger partial charge is 0.493 e. The van der Waals surface area contributed by atoms with E-state index in [1.165, 1.54) is 24.3 Å². The number of hydrogen-bond acceptors (Lipinski definition) is 7. The van der Waals surface area contributed by atoms with Crippen molar-refractivity contribution in [1.29, 1.82) is 0 Å². The van der Waals surface area contributed by atoms with Crippen LogP contribution in [0.1, 0.15) is 36.1 Å². The van der Waals surface area contributed by atoms with Gasteiger partial charge in [0.15, 0.2) is 16.6 Å². The fraction of sp³-hybridized carbons (Fsp3) is 0.292. The third kappa shape index (κ3) is 6.90. The highest BCUT2D eigenvalue weighted by atomic mass is 32.1. The number of thiophene rings is 1. The number of amides is 2. The van der Waals surface area contributed by atoms with Crippen molar-refractivity contribution in [2.45, 2.75) is 40.3 Å². The minimum atomic E-state index is -0.269. The molecular formula is C24H27N3O4S2. The topological polar surface area (TPSA) is 89.5 Å². The second-order valence-corrected chi connectivity index (χ2v) is 9.87. The lowest BCUT2D eigenvalue weighted by Crippen LogP contribution is -2.17. The van der Waals surface area contributed by atoms with Crippen LogP contribution in [0.4, 0.5) is 5.13 Å². The van der Waals surface area contributed by atoms with E-state index in [2.05, 4.69) is 15.6 Å². The Kier molecular flexibility index (Phi) is 8.24. The van der Waals surface area contributed by atoms with E-state index >= 15 is 0 Å². The number of carbonyl (C=O) groups is 2. The summed E-state index contributed by atoms with van der Waals surface area (Å²) in [6.07, 6.45) is 3.22. The van der Waals surface area contributed by atoms with Gasteiger partial charge in [0.1, 0.15) is 0 Å². The first kappa shape index (κ1) is 24.5. The molecule has 0 spiro atoms. The standard InChI is InChI=1S/C24H27N3O4S2/c1-14(2)31-19-9-6-17(12-20(19)30-5)7-11-22(29)26-24-27-23(15(3)32-24)21-10-8-18(33-21)13-25-16(4)28/h6-12,14H,13H2,1-5H3,(H,25,28)(H,26,27,29)/b11-7+. The van der Waals surface area contributed by atoms with Crippen molar-refractivity contribution in [3.05, 3.63) is 51.7 Å². The number of methoxy groups -OCH3 is 1. The van der Waals surface area contributed by atoms with Gasteiger partial charge in [-0.1, -0.05) is 6.07 Å². The summed E-state index contributed by atoms with van der Waals surface area (Å²) in [4.78, 5) is 31.2. The molecule has 2 aromatic heterocycles. The van der Waals surface area contributed by atoms with Gasteiger partial charge in [-0.25, -0.2) is 4.98 Å². The lowest BCUT2D eigenvalue weighted by atomic mass is 10.2. The first-order valence-corrected chi connectivity index (χ1v) is 12.0. The number of anilines is 1. The van der Waals surface area contributed by atoms with Crippen molar-refractivity contribution in [3.8, 4) is 22.1 Å². The van der Waals surface area contributed by atoms with Crippen molar-refractivity contribution in [3.63, 3.8) is 0 Å². The number of benzene rings is 1. The van der Waals surface area contributed by atoms with Crippen LogP contribution < -0.4 is 20.1 Å². The molecule has 0 saturated carbocycles. The van der Waals surface area contributed by atoms with Gasteiger partial charge in [0.25, 0.3) is 0 Å². The van der Waals surface area contributed by atoms with Crippen LogP contribution in [-0.2, 0) is 16.1 Å². The highest BCUT2D eigenvalue weighted by Gasteiger charge is 2.14. The van der Waals surface area contributed by atoms with Crippen molar-refractivity contribution < 1.29 is 19.1 Å². The van der Waals surface area contributed by atoms with E-state index in [9.17, 15) is 9.59 Å². The Morgan fingerprint density at radius 3 is 2.64 bits per heavy atom. The molecule has 3 rings (SSSR count). The molecule has 0 unspecified atom stereocenters. The maximum atomic E-state index is 12.4. The minimum Gasteiger partial charge on any atom is -0.493 e. The first-order valence-electron chi connectivity index (χ1n) is 10.4. The van der Waals surface area contributed by atoms with Crippen LogP contribution >= 0.6 is 22.7 Å². The van der Waals surface area contributed by atoms with Crippen LogP contribution in [0.25, 0.3) is 16.6 Å². The van der Waals surface area contributed by atoms with Crippen molar-refractivity contribution in [2.24, 2.45) is 0 Å². The van der Waals surface area contributed by atoms with Crippen LogP contribution in [0.2, 0.25) is 0 Å². The summed E-state index contributed by atoms with van der Waals surface area (Å²) in [6, 6.07) is 9.47. The maximum Gasteiger partial charge on any atom is 0.250 e. The molecule has 2 N–H and O–H groups in total. The molecule has 0 bridgehead atoms. The zero-order chi connectivity index (χ0) is 24.0. The Morgan fingerprint density at radius 2 is 1.94 bits per heavy atom. The number of aromatic nitrogens is 1. The molecule has 0 aliphatic heterocycles. The molecule has 0 aliphatic carbocycles. The minimum absolute atomic E-state index is 0.0377. The van der Waals surface area contributed by atoms with Crippen LogP contribution in [0.5, 0.6) is 11.5 Å². The molecule has 7 nitrogen and oxygen atoms in total. The molecule has 1 aromatic carbocycles. The molecule has 33 heavy (non-hydrogen) atoms. The second-order valence-electron chi connectivity index (χ2n) is 7.50. The first-order chi connectivity index (χ1) is 15.7. The third-order valence-electron chi connectivity index (χ3n) is 4.41. The number of thiazole rings is 1. The molecule has 2 heterocycles. The van der Waals surface area contributed by atoms with E-state index in [4.69, 9.17) is 9.47 Å². The second kappa shape index (κ2) is 11.1. The molecule has 0 aliphatic rings. The highest BCUT2D eigenvalue weighted by Crippen LogP contribution is 2.35. The van der Waals surface area contributed by atoms with Crippen LogP contribution in [0.3, 0.4) is 0 Å². The third-order valence-corrected chi connectivity index (χ3v) is 6.39. The van der Waals surface area contributed by atoms with Gasteiger partial charge in [0.2, 0.25) is 11.8 Å². The fourth-order valence-corrected chi connectivity index (χ4v) is 4.84. The zero-order valence-corrected chi connectivity index (χ0v) is 20.9. The Morgan fingerprint density at radius 1 is 1.15 bits per heavy atom. The van der Waals surface area contributed by atoms with Gasteiger partial charge in [-0.2, -0.15) is 0 Å². The van der Waals surface area contributed by atoms with Gasteiger partial charge in [0.05, 0.1) is 30.3 Å². The van der Waals surface area contributed by atoms with E-state index in [1.807, 2.05) is 51.1 Å². The highest BCUT2D eigenvalue weighted by molar-refractivity contribution is 7.18. The molecule has 0 atom stereocenters. The predicted octanol–water partition coefficient (Wildman–Crippen LogP) is 5.26. The lowest BCUT2D eigenvalue weighted by molar-refractivity contribution is -0.119. The van der Waals surface area contributed by atoms with Gasteiger partial charge in [-0.3, -0.25) is 14.9 Å². The molecule has 9 heteroatoms. The Balaban J connectivity index is 1.65. The van der Waals surface area contributed by atoms with Crippen molar-refractivity contribution >= 4 is 45.7 Å². The summed E-state index contributed by atoms with van der Waals surface area (Å²) in [5, 5.41) is 6.16. The van der Waals surface area contributed by atoms with Crippen molar-refractivity contribution in [2.75, 3.05) is 12.4 Å². The summed E-state index contributed by atoms with van der Waals surface area (Å²) in [6.45, 7) is 7.86. The average molecular weight is 486 g/mol. The van der Waals surface area contributed by atoms with E-state index in [0.717, 1.165) is 25.9 Å². The molecular weight excluding hydrogens is 458 g/mol. The lowest BCUT2D eigenvalue weighted by Gasteiger charge is -2.13. The summed E-state index contributed by atoms with van der Waals surface area (Å²) in [5.41, 5.74) is 1.66. The van der Waals surface area contributed by atoms with Gasteiger partial charge >= 0.3 is 0 Å². The average Bonchev–Trinajstić information content (AvgIpc) is 3.37. The van der Waals surface area contributed by atoms with E-state index in [-0.39, 0.29) is 17.9 Å². The van der Waals surface area contributed by atoms with Crippen molar-refractivity contribution in [1.82, 2.24) is 10.3 Å². The Labute approximate surface area is 201 Å². The molecule has 0 fully saturated rings. The van der Waals surface area contributed by atoms with Gasteiger partial charge in [-0.15, -0.1) is 22.7 Å². The Hall–Kier alpha value is -3.17. The van der Waals surface area contributed by atoms with Gasteiger partial charge in [-0.05, 0) is 56.7 Å². The number of carbonyl (C=O) groups excluding carboxylic acids is 2. The number of ether oxygens (including phenoxy) is 2. The smallest absolute Gasteiger partial charge is 0.250 e. The van der Waals surface area contributed by atoms with Crippen LogP contribution in [0, 0.1) is 6.92 Å². The van der Waals surface area contributed by atoms with Gasteiger partial charge in [0, 0.05) is 22.8 Å². The Bertz CT molecular complexity index is 1160. The summed E-state index contributed by atoms with van der Waals surface area (Å²) < 4.78 is 11.1. The molecule has 0 saturated heterocycles. The molecule has 174 valence electrons. The maximum absolute atomic E-state index is 12.4. The number of nitrogens with one attached hydrogen (secondary N) is 2. The van der Waals surface area contributed by atoms with E-state index < -0.39 is 0 Å². The fourth-order valence-electron chi connectivity index (χ4n) is 2.95. The quantitative estimate of drug-likeness (QED) is 0.403.